The number of hydrogen-bond donors (Lipinski definition) is 0. The smallest absolute Gasteiger partial charge is 0.241 e. The molecule has 2 aromatic carbocycles. The van der Waals surface area contributed by atoms with Crippen LogP contribution in [0.3, 0.4) is 0 Å². The predicted octanol–water partition coefficient (Wildman–Crippen LogP) is 4.91. The van der Waals surface area contributed by atoms with Crippen molar-refractivity contribution in [1.82, 2.24) is 19.9 Å². The van der Waals surface area contributed by atoms with Crippen LogP contribution in [0.2, 0.25) is 10.0 Å². The van der Waals surface area contributed by atoms with Gasteiger partial charge in [0.25, 0.3) is 0 Å². The second kappa shape index (κ2) is 10.6. The zero-order valence-corrected chi connectivity index (χ0v) is 21.3. The first-order valence-electron chi connectivity index (χ1n) is 12.1. The summed E-state index contributed by atoms with van der Waals surface area (Å²) in [5.41, 5.74) is 3.14. The summed E-state index contributed by atoms with van der Waals surface area (Å²) >= 11 is 12.4. The molecule has 0 atom stereocenters. The Kier molecular flexibility index (Phi) is 7.27. The van der Waals surface area contributed by atoms with Gasteiger partial charge in [-0.15, -0.1) is 0 Å². The average Bonchev–Trinajstić information content (AvgIpc) is 3.34. The predicted molar refractivity (Wildman–Crippen MR) is 138 cm³/mol. The summed E-state index contributed by atoms with van der Waals surface area (Å²) in [4.78, 5) is 24.3. The van der Waals surface area contributed by atoms with Gasteiger partial charge in [0.1, 0.15) is 0 Å². The van der Waals surface area contributed by atoms with E-state index in [2.05, 4.69) is 32.9 Å². The van der Waals surface area contributed by atoms with Crippen LogP contribution < -0.4 is 4.90 Å². The highest BCUT2D eigenvalue weighted by Crippen LogP contribution is 2.28. The van der Waals surface area contributed by atoms with Crippen LogP contribution in [0.15, 0.2) is 47.0 Å². The normalized spacial score (nSPS) is 17.7. The largest absolute Gasteiger partial charge is 0.368 e. The second-order valence-corrected chi connectivity index (χ2v) is 10.1. The third-order valence-electron chi connectivity index (χ3n) is 6.98. The minimum absolute atomic E-state index is 0.0760. The maximum atomic E-state index is 13.2. The van der Waals surface area contributed by atoms with Crippen molar-refractivity contribution in [3.05, 3.63) is 64.0 Å². The second-order valence-electron chi connectivity index (χ2n) is 9.29. The molecule has 7 nitrogen and oxygen atoms in total. The van der Waals surface area contributed by atoms with Gasteiger partial charge in [0, 0.05) is 48.4 Å². The summed E-state index contributed by atoms with van der Waals surface area (Å²) in [5, 5.41) is 5.43. The monoisotopic (exact) mass is 513 g/mol. The maximum absolute atomic E-state index is 13.2. The van der Waals surface area contributed by atoms with Crippen LogP contribution in [0.5, 0.6) is 0 Å². The van der Waals surface area contributed by atoms with E-state index < -0.39 is 0 Å². The fourth-order valence-electron chi connectivity index (χ4n) is 4.95. The Hall–Kier alpha value is -2.61. The number of carbonyl (C=O) groups is 1. The number of anilines is 1. The van der Waals surface area contributed by atoms with Crippen molar-refractivity contribution in [3.8, 4) is 11.4 Å². The highest BCUT2D eigenvalue weighted by atomic mass is 35.5. The van der Waals surface area contributed by atoms with E-state index in [1.807, 2.05) is 41.3 Å². The zero-order valence-electron chi connectivity index (χ0n) is 19.8. The highest BCUT2D eigenvalue weighted by molar-refractivity contribution is 6.33. The van der Waals surface area contributed by atoms with E-state index in [4.69, 9.17) is 27.7 Å². The Labute approximate surface area is 215 Å². The van der Waals surface area contributed by atoms with Crippen LogP contribution in [-0.4, -0.2) is 65.1 Å². The minimum atomic E-state index is 0.0760. The molecule has 0 radical (unpaired) electrons. The van der Waals surface area contributed by atoms with Crippen molar-refractivity contribution in [1.29, 1.82) is 0 Å². The van der Waals surface area contributed by atoms with Gasteiger partial charge in [-0.3, -0.25) is 9.69 Å². The van der Waals surface area contributed by atoms with Gasteiger partial charge < -0.3 is 14.3 Å². The molecule has 0 aliphatic carbocycles. The number of likely N-dealkylation sites (tertiary alicyclic amines) is 1. The number of aromatic nitrogens is 2. The van der Waals surface area contributed by atoms with Crippen LogP contribution in [0.1, 0.15) is 24.3 Å². The van der Waals surface area contributed by atoms with Crippen LogP contribution in [0.25, 0.3) is 11.4 Å². The molecule has 1 amide bonds. The molecule has 0 N–H and O–H groups in total. The van der Waals surface area contributed by atoms with E-state index in [0.717, 1.165) is 68.4 Å². The molecule has 1 aromatic heterocycles. The first-order chi connectivity index (χ1) is 17.0. The third-order valence-corrected chi connectivity index (χ3v) is 7.55. The van der Waals surface area contributed by atoms with E-state index in [1.54, 1.807) is 0 Å². The Morgan fingerprint density at radius 3 is 2.51 bits per heavy atom. The van der Waals surface area contributed by atoms with Crippen molar-refractivity contribution >= 4 is 34.8 Å². The number of rotatable bonds is 5. The lowest BCUT2D eigenvalue weighted by atomic mass is 9.95. The van der Waals surface area contributed by atoms with Gasteiger partial charge >= 0.3 is 0 Å². The molecular weight excluding hydrogens is 485 g/mol. The SMILES string of the molecule is Cc1ccc(Cl)cc1N1CCN(C(=O)C2CCN(Cc3nc(-c4ccccc4Cl)no3)CC2)CC1. The molecule has 5 rings (SSSR count). The molecule has 2 aliphatic heterocycles. The first kappa shape index (κ1) is 24.1. The van der Waals surface area contributed by atoms with Gasteiger partial charge in [-0.25, -0.2) is 0 Å². The van der Waals surface area contributed by atoms with E-state index in [-0.39, 0.29) is 11.8 Å². The molecule has 3 heterocycles. The van der Waals surface area contributed by atoms with Gasteiger partial charge in [-0.2, -0.15) is 4.98 Å². The van der Waals surface area contributed by atoms with Crippen LogP contribution in [0, 0.1) is 12.8 Å². The van der Waals surface area contributed by atoms with E-state index >= 15 is 0 Å². The molecule has 2 aliphatic rings. The van der Waals surface area contributed by atoms with Gasteiger partial charge in [0.2, 0.25) is 17.6 Å². The summed E-state index contributed by atoms with van der Waals surface area (Å²) in [6, 6.07) is 13.5. The van der Waals surface area contributed by atoms with Crippen molar-refractivity contribution < 1.29 is 9.32 Å². The number of carbonyl (C=O) groups excluding carboxylic acids is 1. The Morgan fingerprint density at radius 2 is 1.77 bits per heavy atom. The lowest BCUT2D eigenvalue weighted by Gasteiger charge is -2.39. The topological polar surface area (TPSA) is 65.7 Å². The summed E-state index contributed by atoms with van der Waals surface area (Å²) in [6.45, 7) is 7.51. The van der Waals surface area contributed by atoms with Crippen molar-refractivity contribution in [2.24, 2.45) is 5.92 Å². The molecule has 0 bridgehead atoms. The van der Waals surface area contributed by atoms with Gasteiger partial charge in [0.05, 0.1) is 11.6 Å². The molecule has 35 heavy (non-hydrogen) atoms. The quantitative estimate of drug-likeness (QED) is 0.482. The Bertz CT molecular complexity index is 1180. The molecule has 0 saturated carbocycles. The number of piperazine rings is 1. The standard InChI is InChI=1S/C26H29Cl2N5O2/c1-18-6-7-20(27)16-23(18)32-12-14-33(15-13-32)26(34)19-8-10-31(11-9-19)17-24-29-25(30-35-24)21-4-2-3-5-22(21)28/h2-7,16,19H,8-15,17H2,1H3. The number of halogens is 2. The van der Waals surface area contributed by atoms with E-state index in [9.17, 15) is 4.79 Å². The number of benzene rings is 2. The Balaban J connectivity index is 1.11. The van der Waals surface area contributed by atoms with Crippen LogP contribution in [-0.2, 0) is 11.3 Å². The highest BCUT2D eigenvalue weighted by Gasteiger charge is 2.31. The number of piperidine rings is 1. The number of aryl methyl sites for hydroxylation is 1. The summed E-state index contributed by atoms with van der Waals surface area (Å²) in [5.74, 6) is 1.43. The van der Waals surface area contributed by atoms with E-state index in [0.29, 0.717) is 23.3 Å². The van der Waals surface area contributed by atoms with E-state index in [1.165, 1.54) is 5.56 Å². The average molecular weight is 514 g/mol. The molecule has 0 spiro atoms. The van der Waals surface area contributed by atoms with Crippen molar-refractivity contribution in [3.63, 3.8) is 0 Å². The van der Waals surface area contributed by atoms with Crippen molar-refractivity contribution in [2.45, 2.75) is 26.3 Å². The van der Waals surface area contributed by atoms with Crippen LogP contribution >= 0.6 is 23.2 Å². The maximum Gasteiger partial charge on any atom is 0.241 e. The number of hydrogen-bond acceptors (Lipinski definition) is 6. The summed E-state index contributed by atoms with van der Waals surface area (Å²) in [7, 11) is 0. The third kappa shape index (κ3) is 5.47. The van der Waals surface area contributed by atoms with Crippen molar-refractivity contribution in [2.75, 3.05) is 44.2 Å². The molecular formula is C26H29Cl2N5O2. The molecule has 3 aromatic rings. The lowest BCUT2D eigenvalue weighted by Crippen LogP contribution is -2.51. The first-order valence-corrected chi connectivity index (χ1v) is 12.8. The van der Waals surface area contributed by atoms with Gasteiger partial charge in [-0.1, -0.05) is 46.6 Å². The molecule has 9 heteroatoms. The molecule has 0 unspecified atom stereocenters. The summed E-state index contributed by atoms with van der Waals surface area (Å²) in [6.07, 6.45) is 1.69. The Morgan fingerprint density at radius 1 is 1.03 bits per heavy atom. The summed E-state index contributed by atoms with van der Waals surface area (Å²) < 4.78 is 5.46. The van der Waals surface area contributed by atoms with Gasteiger partial charge in [0.15, 0.2) is 0 Å². The number of nitrogens with zero attached hydrogens (tertiary/aromatic N) is 5. The van der Waals surface area contributed by atoms with Crippen LogP contribution in [0.4, 0.5) is 5.69 Å². The molecule has 2 fully saturated rings. The minimum Gasteiger partial charge on any atom is -0.368 e. The van der Waals surface area contributed by atoms with Gasteiger partial charge in [-0.05, 0) is 62.7 Å². The zero-order chi connectivity index (χ0) is 24.4. The fraction of sp³-hybridized carbons (Fsp3) is 0.423. The molecule has 2 saturated heterocycles. The lowest BCUT2D eigenvalue weighted by molar-refractivity contribution is -0.137. The number of amides is 1. The molecule has 184 valence electrons. The fourth-order valence-corrected chi connectivity index (χ4v) is 5.34.